The van der Waals surface area contributed by atoms with Gasteiger partial charge in [0.1, 0.15) is 0 Å². The van der Waals surface area contributed by atoms with Gasteiger partial charge in [0.15, 0.2) is 0 Å². The van der Waals surface area contributed by atoms with Crippen molar-refractivity contribution in [3.8, 4) is 0 Å². The number of unbranched alkanes of at least 4 members (excludes halogenated alkanes) is 1. The highest BCUT2D eigenvalue weighted by molar-refractivity contribution is 5.78. The minimum atomic E-state index is 0.0860. The molecule has 1 aromatic carbocycles. The highest BCUT2D eigenvalue weighted by atomic mass is 16.5. The monoisotopic (exact) mass is 263 g/mol. The first kappa shape index (κ1) is 15.7. The summed E-state index contributed by atoms with van der Waals surface area (Å²) < 4.78 is 5.44. The van der Waals surface area contributed by atoms with Crippen LogP contribution in [0.15, 0.2) is 24.3 Å². The van der Waals surface area contributed by atoms with Crippen molar-refractivity contribution in [1.29, 1.82) is 0 Å². The first-order valence-electron chi connectivity index (χ1n) is 7.13. The molecule has 1 N–H and O–H groups in total. The third-order valence-corrected chi connectivity index (χ3v) is 3.04. The van der Waals surface area contributed by atoms with Crippen LogP contribution in [0.3, 0.4) is 0 Å². The van der Waals surface area contributed by atoms with Crippen LogP contribution in [0.4, 0.5) is 0 Å². The van der Waals surface area contributed by atoms with Gasteiger partial charge in [0.05, 0.1) is 6.42 Å². The Balaban J connectivity index is 2.10. The van der Waals surface area contributed by atoms with Crippen molar-refractivity contribution in [2.24, 2.45) is 0 Å². The first-order valence-corrected chi connectivity index (χ1v) is 7.13. The van der Waals surface area contributed by atoms with Gasteiger partial charge in [0, 0.05) is 19.8 Å². The van der Waals surface area contributed by atoms with Crippen LogP contribution in [-0.4, -0.2) is 25.7 Å². The zero-order valence-corrected chi connectivity index (χ0v) is 12.1. The van der Waals surface area contributed by atoms with Crippen molar-refractivity contribution in [2.75, 3.05) is 19.8 Å². The molecule has 0 heterocycles. The Morgan fingerprint density at radius 3 is 2.68 bits per heavy atom. The highest BCUT2D eigenvalue weighted by Crippen LogP contribution is 2.07. The summed E-state index contributed by atoms with van der Waals surface area (Å²) >= 11 is 0. The predicted molar refractivity (Wildman–Crippen MR) is 78.2 cm³/mol. The third kappa shape index (κ3) is 6.97. The van der Waals surface area contributed by atoms with Crippen LogP contribution in [0.2, 0.25) is 0 Å². The second kappa shape index (κ2) is 9.56. The van der Waals surface area contributed by atoms with Gasteiger partial charge in [-0.2, -0.15) is 0 Å². The van der Waals surface area contributed by atoms with E-state index in [4.69, 9.17) is 4.74 Å². The number of aryl methyl sites for hydroxylation is 1. The van der Waals surface area contributed by atoms with Crippen LogP contribution in [-0.2, 0) is 16.0 Å². The van der Waals surface area contributed by atoms with Gasteiger partial charge in [-0.05, 0) is 30.9 Å². The molecule has 3 nitrogen and oxygen atoms in total. The molecular formula is C16H25NO2. The molecule has 1 amide bonds. The molecule has 0 saturated carbocycles. The van der Waals surface area contributed by atoms with Crippen molar-refractivity contribution in [3.63, 3.8) is 0 Å². The summed E-state index contributed by atoms with van der Waals surface area (Å²) in [6.45, 7) is 6.43. The third-order valence-electron chi connectivity index (χ3n) is 3.04. The molecule has 0 atom stereocenters. The van der Waals surface area contributed by atoms with Crippen molar-refractivity contribution in [1.82, 2.24) is 5.32 Å². The number of hydrogen-bond acceptors (Lipinski definition) is 2. The van der Waals surface area contributed by atoms with E-state index in [0.29, 0.717) is 13.0 Å². The SMILES string of the molecule is CCCCOCCCNC(=O)Cc1ccccc1C. The molecule has 0 saturated heterocycles. The molecule has 0 aliphatic rings. The van der Waals surface area contributed by atoms with E-state index >= 15 is 0 Å². The lowest BCUT2D eigenvalue weighted by molar-refractivity contribution is -0.120. The smallest absolute Gasteiger partial charge is 0.224 e. The maximum atomic E-state index is 11.7. The van der Waals surface area contributed by atoms with Gasteiger partial charge >= 0.3 is 0 Å². The summed E-state index contributed by atoms with van der Waals surface area (Å²) in [4.78, 5) is 11.7. The minimum absolute atomic E-state index is 0.0860. The van der Waals surface area contributed by atoms with E-state index in [1.54, 1.807) is 0 Å². The van der Waals surface area contributed by atoms with E-state index < -0.39 is 0 Å². The summed E-state index contributed by atoms with van der Waals surface area (Å²) in [5, 5.41) is 2.93. The van der Waals surface area contributed by atoms with Crippen molar-refractivity contribution in [2.45, 2.75) is 39.5 Å². The number of hydrogen-bond donors (Lipinski definition) is 1. The summed E-state index contributed by atoms with van der Waals surface area (Å²) in [7, 11) is 0. The summed E-state index contributed by atoms with van der Waals surface area (Å²) in [6, 6.07) is 7.99. The van der Waals surface area contributed by atoms with Crippen molar-refractivity contribution >= 4 is 5.91 Å². The fraction of sp³-hybridized carbons (Fsp3) is 0.562. The quantitative estimate of drug-likeness (QED) is 0.696. The lowest BCUT2D eigenvalue weighted by Crippen LogP contribution is -2.27. The number of carbonyl (C=O) groups is 1. The summed E-state index contributed by atoms with van der Waals surface area (Å²) in [5.41, 5.74) is 2.26. The fourth-order valence-electron chi connectivity index (χ4n) is 1.79. The van der Waals surface area contributed by atoms with Gasteiger partial charge in [-0.3, -0.25) is 4.79 Å². The molecule has 0 aliphatic carbocycles. The Bertz CT molecular complexity index is 377. The van der Waals surface area contributed by atoms with Gasteiger partial charge in [-0.15, -0.1) is 0 Å². The Morgan fingerprint density at radius 2 is 1.95 bits per heavy atom. The number of amides is 1. The Labute approximate surface area is 116 Å². The maximum Gasteiger partial charge on any atom is 0.224 e. The van der Waals surface area contributed by atoms with Crippen molar-refractivity contribution in [3.05, 3.63) is 35.4 Å². The lowest BCUT2D eigenvalue weighted by atomic mass is 10.1. The van der Waals surface area contributed by atoms with Gasteiger partial charge in [-0.25, -0.2) is 0 Å². The lowest BCUT2D eigenvalue weighted by Gasteiger charge is -2.07. The second-order valence-electron chi connectivity index (χ2n) is 4.77. The first-order chi connectivity index (χ1) is 9.24. The molecule has 1 rings (SSSR count). The van der Waals surface area contributed by atoms with E-state index in [1.807, 2.05) is 31.2 Å². The van der Waals surface area contributed by atoms with E-state index in [1.165, 1.54) is 5.56 Å². The topological polar surface area (TPSA) is 38.3 Å². The summed E-state index contributed by atoms with van der Waals surface area (Å²) in [6.07, 6.45) is 3.61. The van der Waals surface area contributed by atoms with Gasteiger partial charge in [0.25, 0.3) is 0 Å². The van der Waals surface area contributed by atoms with Gasteiger partial charge in [-0.1, -0.05) is 37.6 Å². The summed E-state index contributed by atoms with van der Waals surface area (Å²) in [5.74, 6) is 0.0860. The van der Waals surface area contributed by atoms with E-state index in [-0.39, 0.29) is 5.91 Å². The van der Waals surface area contributed by atoms with Crippen LogP contribution in [0, 0.1) is 6.92 Å². The molecule has 0 fully saturated rings. The Morgan fingerprint density at radius 1 is 1.21 bits per heavy atom. The molecule has 0 aliphatic heterocycles. The number of rotatable bonds is 9. The molecule has 0 unspecified atom stereocenters. The second-order valence-corrected chi connectivity index (χ2v) is 4.77. The molecular weight excluding hydrogens is 238 g/mol. The Kier molecular flexibility index (Phi) is 7.91. The van der Waals surface area contributed by atoms with Crippen LogP contribution >= 0.6 is 0 Å². The molecule has 106 valence electrons. The highest BCUT2D eigenvalue weighted by Gasteiger charge is 2.04. The zero-order chi connectivity index (χ0) is 13.9. The van der Waals surface area contributed by atoms with Crippen molar-refractivity contribution < 1.29 is 9.53 Å². The average molecular weight is 263 g/mol. The van der Waals surface area contributed by atoms with Crippen LogP contribution in [0.5, 0.6) is 0 Å². The number of ether oxygens (including phenoxy) is 1. The molecule has 0 aromatic heterocycles. The van der Waals surface area contributed by atoms with E-state index in [2.05, 4.69) is 12.2 Å². The molecule has 0 spiro atoms. The molecule has 0 radical (unpaired) electrons. The molecule has 3 heteroatoms. The normalized spacial score (nSPS) is 10.4. The number of carbonyl (C=O) groups excluding carboxylic acids is 1. The Hall–Kier alpha value is -1.35. The zero-order valence-electron chi connectivity index (χ0n) is 12.1. The minimum Gasteiger partial charge on any atom is -0.381 e. The average Bonchev–Trinajstić information content (AvgIpc) is 2.40. The largest absolute Gasteiger partial charge is 0.381 e. The molecule has 19 heavy (non-hydrogen) atoms. The van der Waals surface area contributed by atoms with E-state index in [0.717, 1.165) is 38.0 Å². The standard InChI is InChI=1S/C16H25NO2/c1-3-4-11-19-12-7-10-17-16(18)13-15-9-6-5-8-14(15)2/h5-6,8-9H,3-4,7,10-13H2,1-2H3,(H,17,18). The molecule has 1 aromatic rings. The number of nitrogens with one attached hydrogen (secondary N) is 1. The maximum absolute atomic E-state index is 11.7. The van der Waals surface area contributed by atoms with Crippen LogP contribution in [0.1, 0.15) is 37.3 Å². The number of benzene rings is 1. The van der Waals surface area contributed by atoms with Gasteiger partial charge < -0.3 is 10.1 Å². The van der Waals surface area contributed by atoms with Crippen LogP contribution < -0.4 is 5.32 Å². The molecule has 0 bridgehead atoms. The van der Waals surface area contributed by atoms with E-state index in [9.17, 15) is 4.79 Å². The van der Waals surface area contributed by atoms with Gasteiger partial charge in [0.2, 0.25) is 5.91 Å². The van der Waals surface area contributed by atoms with Crippen LogP contribution in [0.25, 0.3) is 0 Å². The fourth-order valence-corrected chi connectivity index (χ4v) is 1.79. The predicted octanol–water partition coefficient (Wildman–Crippen LogP) is 2.86.